The number of rotatable bonds is 9. The molecular weight excluding hydrogens is 380 g/mol. The summed E-state index contributed by atoms with van der Waals surface area (Å²) in [5.41, 5.74) is 1.08. The predicted octanol–water partition coefficient (Wildman–Crippen LogP) is 2.85. The Balaban J connectivity index is 1.64. The van der Waals surface area contributed by atoms with E-state index in [-0.39, 0.29) is 23.5 Å². The Labute approximate surface area is 165 Å². The third kappa shape index (κ3) is 5.39. The van der Waals surface area contributed by atoms with Gasteiger partial charge in [0.15, 0.2) is 6.61 Å². The van der Waals surface area contributed by atoms with Gasteiger partial charge >= 0.3 is 0 Å². The van der Waals surface area contributed by atoms with E-state index in [1.807, 2.05) is 6.92 Å². The highest BCUT2D eigenvalue weighted by Crippen LogP contribution is 2.24. The Morgan fingerprint density at radius 3 is 2.43 bits per heavy atom. The third-order valence-electron chi connectivity index (χ3n) is 4.18. The van der Waals surface area contributed by atoms with Crippen LogP contribution in [0.5, 0.6) is 11.5 Å². The van der Waals surface area contributed by atoms with Crippen molar-refractivity contribution in [2.24, 2.45) is 0 Å². The molecule has 1 saturated carbocycles. The normalized spacial score (nSPS) is 13.6. The summed E-state index contributed by atoms with van der Waals surface area (Å²) in [5, 5.41) is 2.84. The van der Waals surface area contributed by atoms with Crippen LogP contribution in [-0.2, 0) is 14.8 Å². The number of ether oxygens (including phenoxy) is 2. The first-order chi connectivity index (χ1) is 13.4. The molecule has 150 valence electrons. The first kappa shape index (κ1) is 20.0. The van der Waals surface area contributed by atoms with Crippen molar-refractivity contribution in [1.29, 1.82) is 0 Å². The van der Waals surface area contributed by atoms with E-state index in [0.717, 1.165) is 12.8 Å². The molecule has 7 nitrogen and oxygen atoms in total. The van der Waals surface area contributed by atoms with Crippen LogP contribution in [0.15, 0.2) is 47.4 Å². The number of amides is 1. The molecule has 8 heteroatoms. The maximum atomic E-state index is 12.6. The van der Waals surface area contributed by atoms with Crippen molar-refractivity contribution in [1.82, 2.24) is 5.32 Å². The topological polar surface area (TPSA) is 93.7 Å². The minimum absolute atomic E-state index is 0.0894. The summed E-state index contributed by atoms with van der Waals surface area (Å²) in [7, 11) is -3.74. The Morgan fingerprint density at radius 1 is 1.11 bits per heavy atom. The van der Waals surface area contributed by atoms with E-state index in [0.29, 0.717) is 29.4 Å². The zero-order valence-electron chi connectivity index (χ0n) is 15.9. The van der Waals surface area contributed by atoms with Crippen molar-refractivity contribution >= 4 is 21.6 Å². The summed E-state index contributed by atoms with van der Waals surface area (Å²) in [6, 6.07) is 11.5. The highest BCUT2D eigenvalue weighted by Gasteiger charge is 2.23. The van der Waals surface area contributed by atoms with Crippen LogP contribution in [0, 0.1) is 6.92 Å². The van der Waals surface area contributed by atoms with Crippen molar-refractivity contribution in [3.05, 3.63) is 48.0 Å². The lowest BCUT2D eigenvalue weighted by atomic mass is 10.2. The lowest BCUT2D eigenvalue weighted by molar-refractivity contribution is -0.123. The number of hydrogen-bond acceptors (Lipinski definition) is 5. The Bertz CT molecular complexity index is 938. The number of hydrogen-bond donors (Lipinski definition) is 2. The molecule has 28 heavy (non-hydrogen) atoms. The molecule has 1 aliphatic carbocycles. The van der Waals surface area contributed by atoms with Gasteiger partial charge in [0.1, 0.15) is 11.5 Å². The first-order valence-electron chi connectivity index (χ1n) is 9.16. The van der Waals surface area contributed by atoms with Crippen LogP contribution in [-0.4, -0.2) is 33.6 Å². The highest BCUT2D eigenvalue weighted by molar-refractivity contribution is 7.92. The van der Waals surface area contributed by atoms with Gasteiger partial charge in [0, 0.05) is 11.7 Å². The fraction of sp³-hybridized carbons (Fsp3) is 0.350. The van der Waals surface area contributed by atoms with Crippen molar-refractivity contribution in [3.8, 4) is 11.5 Å². The minimum Gasteiger partial charge on any atom is -0.494 e. The number of carbonyl (C=O) groups excluding carboxylic acids is 1. The molecule has 1 amide bonds. The van der Waals surface area contributed by atoms with Gasteiger partial charge in [0.05, 0.1) is 11.5 Å². The molecular formula is C20H24N2O5S. The van der Waals surface area contributed by atoms with Crippen molar-refractivity contribution in [3.63, 3.8) is 0 Å². The first-order valence-corrected chi connectivity index (χ1v) is 10.6. The Hall–Kier alpha value is -2.74. The largest absolute Gasteiger partial charge is 0.494 e. The summed E-state index contributed by atoms with van der Waals surface area (Å²) >= 11 is 0. The number of benzene rings is 2. The monoisotopic (exact) mass is 404 g/mol. The molecule has 2 N–H and O–H groups in total. The van der Waals surface area contributed by atoms with Gasteiger partial charge < -0.3 is 14.8 Å². The van der Waals surface area contributed by atoms with Crippen LogP contribution in [0.25, 0.3) is 0 Å². The van der Waals surface area contributed by atoms with Crippen LogP contribution >= 0.6 is 0 Å². The molecule has 1 fully saturated rings. The molecule has 0 heterocycles. The van der Waals surface area contributed by atoms with E-state index in [1.54, 1.807) is 37.3 Å². The maximum absolute atomic E-state index is 12.6. The SMILES string of the molecule is CCOc1ccc(NS(=O)(=O)c2ccc(OCC(=O)NC3CC3)c(C)c2)cc1. The van der Waals surface area contributed by atoms with E-state index in [1.165, 1.54) is 12.1 Å². The lowest BCUT2D eigenvalue weighted by Crippen LogP contribution is -2.30. The van der Waals surface area contributed by atoms with Gasteiger partial charge in [-0.25, -0.2) is 8.42 Å². The van der Waals surface area contributed by atoms with Crippen molar-refractivity contribution in [2.75, 3.05) is 17.9 Å². The molecule has 3 rings (SSSR count). The smallest absolute Gasteiger partial charge is 0.261 e. The number of anilines is 1. The number of carbonyl (C=O) groups is 1. The standard InChI is InChI=1S/C20H24N2O5S/c1-3-26-17-8-6-16(7-9-17)22-28(24,25)18-10-11-19(14(2)12-18)27-13-20(23)21-15-4-5-15/h6-12,15,22H,3-5,13H2,1-2H3,(H,21,23). The van der Waals surface area contributed by atoms with E-state index in [9.17, 15) is 13.2 Å². The molecule has 1 aliphatic rings. The molecule has 0 aromatic heterocycles. The predicted molar refractivity (Wildman–Crippen MR) is 106 cm³/mol. The maximum Gasteiger partial charge on any atom is 0.261 e. The molecule has 0 spiro atoms. The van der Waals surface area contributed by atoms with Gasteiger partial charge in [-0.1, -0.05) is 0 Å². The van der Waals surface area contributed by atoms with Gasteiger partial charge in [-0.2, -0.15) is 0 Å². The average molecular weight is 404 g/mol. The zero-order chi connectivity index (χ0) is 20.1. The second-order valence-electron chi connectivity index (χ2n) is 6.62. The number of aryl methyl sites for hydroxylation is 1. The average Bonchev–Trinajstić information content (AvgIpc) is 3.46. The summed E-state index contributed by atoms with van der Waals surface area (Å²) in [5.74, 6) is 0.982. The molecule has 0 radical (unpaired) electrons. The number of nitrogens with one attached hydrogen (secondary N) is 2. The van der Waals surface area contributed by atoms with Gasteiger partial charge in [0.25, 0.3) is 15.9 Å². The van der Waals surface area contributed by atoms with Crippen molar-refractivity contribution in [2.45, 2.75) is 37.6 Å². The van der Waals surface area contributed by atoms with E-state index < -0.39 is 10.0 Å². The van der Waals surface area contributed by atoms with Crippen LogP contribution in [0.4, 0.5) is 5.69 Å². The highest BCUT2D eigenvalue weighted by atomic mass is 32.2. The minimum atomic E-state index is -3.74. The fourth-order valence-electron chi connectivity index (χ4n) is 2.59. The van der Waals surface area contributed by atoms with E-state index >= 15 is 0 Å². The van der Waals surface area contributed by atoms with E-state index in [4.69, 9.17) is 9.47 Å². The molecule has 0 unspecified atom stereocenters. The Kier molecular flexibility index (Phi) is 6.08. The summed E-state index contributed by atoms with van der Waals surface area (Å²) in [6.45, 7) is 4.07. The van der Waals surface area contributed by atoms with Crippen LogP contribution in [0.2, 0.25) is 0 Å². The summed E-state index contributed by atoms with van der Waals surface area (Å²) in [4.78, 5) is 11.8. The quantitative estimate of drug-likeness (QED) is 0.670. The molecule has 0 atom stereocenters. The van der Waals surface area contributed by atoms with Crippen LogP contribution in [0.3, 0.4) is 0 Å². The zero-order valence-corrected chi connectivity index (χ0v) is 16.7. The fourth-order valence-corrected chi connectivity index (χ4v) is 3.73. The number of sulfonamides is 1. The molecule has 0 bridgehead atoms. The van der Waals surface area contributed by atoms with Gasteiger partial charge in [0.2, 0.25) is 0 Å². The third-order valence-corrected chi connectivity index (χ3v) is 5.55. The van der Waals surface area contributed by atoms with Crippen LogP contribution < -0.4 is 19.5 Å². The second kappa shape index (κ2) is 8.52. The van der Waals surface area contributed by atoms with Gasteiger partial charge in [-0.05, 0) is 74.7 Å². The van der Waals surface area contributed by atoms with Crippen LogP contribution in [0.1, 0.15) is 25.3 Å². The van der Waals surface area contributed by atoms with E-state index in [2.05, 4.69) is 10.0 Å². The summed E-state index contributed by atoms with van der Waals surface area (Å²) in [6.07, 6.45) is 2.03. The molecule has 2 aromatic rings. The van der Waals surface area contributed by atoms with Gasteiger partial charge in [-0.15, -0.1) is 0 Å². The molecule has 0 saturated heterocycles. The van der Waals surface area contributed by atoms with Crippen molar-refractivity contribution < 1.29 is 22.7 Å². The molecule has 0 aliphatic heterocycles. The molecule has 2 aromatic carbocycles. The Morgan fingerprint density at radius 2 is 1.82 bits per heavy atom. The summed E-state index contributed by atoms with van der Waals surface area (Å²) < 4.78 is 38.6. The van der Waals surface area contributed by atoms with Gasteiger partial charge in [-0.3, -0.25) is 9.52 Å². The second-order valence-corrected chi connectivity index (χ2v) is 8.30. The lowest BCUT2D eigenvalue weighted by Gasteiger charge is -2.12.